The van der Waals surface area contributed by atoms with Gasteiger partial charge in [-0.25, -0.2) is 9.67 Å². The van der Waals surface area contributed by atoms with Crippen molar-refractivity contribution in [3.05, 3.63) is 52.6 Å². The number of ether oxygens (including phenoxy) is 2. The van der Waals surface area contributed by atoms with Crippen molar-refractivity contribution in [2.24, 2.45) is 5.92 Å². The number of pyridine rings is 1. The summed E-state index contributed by atoms with van der Waals surface area (Å²) in [5.74, 6) is 0.814. The van der Waals surface area contributed by atoms with Gasteiger partial charge in [0, 0.05) is 50.8 Å². The van der Waals surface area contributed by atoms with Crippen LogP contribution >= 0.6 is 0 Å². The van der Waals surface area contributed by atoms with Crippen LogP contribution in [-0.2, 0) is 11.3 Å². The highest BCUT2D eigenvalue weighted by Crippen LogP contribution is 2.16. The predicted octanol–water partition coefficient (Wildman–Crippen LogP) is 1.26. The molecule has 3 heterocycles. The Morgan fingerprint density at radius 3 is 2.89 bits per heavy atom. The van der Waals surface area contributed by atoms with Gasteiger partial charge in [0.05, 0.1) is 12.2 Å². The van der Waals surface area contributed by atoms with E-state index in [1.807, 2.05) is 0 Å². The molecule has 0 bridgehead atoms. The molecule has 0 saturated carbocycles. The van der Waals surface area contributed by atoms with Gasteiger partial charge in [-0.3, -0.25) is 9.59 Å². The Morgan fingerprint density at radius 1 is 1.30 bits per heavy atom. The molecule has 0 aliphatic carbocycles. The SMILES string of the molecule is O=C(NCCCn1ncccc1=O)c1ccc(OCC2CCOCC2)nc1. The van der Waals surface area contributed by atoms with E-state index in [4.69, 9.17) is 9.47 Å². The molecule has 1 amide bonds. The van der Waals surface area contributed by atoms with E-state index in [9.17, 15) is 9.59 Å². The molecule has 0 atom stereocenters. The first kappa shape index (κ1) is 19.0. The minimum atomic E-state index is -0.202. The third kappa shape index (κ3) is 5.89. The normalized spacial score (nSPS) is 14.7. The van der Waals surface area contributed by atoms with Crippen LogP contribution in [0.1, 0.15) is 29.6 Å². The Hall–Kier alpha value is -2.74. The lowest BCUT2D eigenvalue weighted by Gasteiger charge is -2.21. The van der Waals surface area contributed by atoms with Crippen LogP contribution in [0, 0.1) is 5.92 Å². The number of hydrogen-bond acceptors (Lipinski definition) is 6. The molecule has 2 aromatic heterocycles. The number of aryl methyl sites for hydroxylation is 1. The van der Waals surface area contributed by atoms with E-state index in [0.29, 0.717) is 43.5 Å². The Bertz CT molecular complexity index is 785. The van der Waals surface area contributed by atoms with Gasteiger partial charge in [-0.1, -0.05) is 0 Å². The summed E-state index contributed by atoms with van der Waals surface area (Å²) in [6.45, 7) is 3.10. The van der Waals surface area contributed by atoms with Crippen molar-refractivity contribution in [3.8, 4) is 5.88 Å². The molecular weight excluding hydrogens is 348 g/mol. The second-order valence-corrected chi connectivity index (χ2v) is 6.45. The molecule has 27 heavy (non-hydrogen) atoms. The van der Waals surface area contributed by atoms with Gasteiger partial charge in [0.15, 0.2) is 0 Å². The maximum Gasteiger partial charge on any atom is 0.266 e. The zero-order chi connectivity index (χ0) is 18.9. The molecule has 3 rings (SSSR count). The topological polar surface area (TPSA) is 95.3 Å². The lowest BCUT2D eigenvalue weighted by Crippen LogP contribution is -2.27. The van der Waals surface area contributed by atoms with Crippen LogP contribution in [0.15, 0.2) is 41.5 Å². The molecule has 8 heteroatoms. The van der Waals surface area contributed by atoms with Gasteiger partial charge in [-0.05, 0) is 37.3 Å². The van der Waals surface area contributed by atoms with E-state index in [1.54, 1.807) is 24.4 Å². The van der Waals surface area contributed by atoms with Crippen molar-refractivity contribution in [3.63, 3.8) is 0 Å². The van der Waals surface area contributed by atoms with Gasteiger partial charge in [-0.15, -0.1) is 0 Å². The fourth-order valence-corrected chi connectivity index (χ4v) is 2.80. The summed E-state index contributed by atoms with van der Waals surface area (Å²) in [5, 5.41) is 6.79. The molecule has 144 valence electrons. The minimum Gasteiger partial charge on any atom is -0.477 e. The summed E-state index contributed by atoms with van der Waals surface area (Å²) in [5.41, 5.74) is 0.327. The van der Waals surface area contributed by atoms with E-state index in [2.05, 4.69) is 15.4 Å². The summed E-state index contributed by atoms with van der Waals surface area (Å²) in [7, 11) is 0. The van der Waals surface area contributed by atoms with E-state index < -0.39 is 0 Å². The smallest absolute Gasteiger partial charge is 0.266 e. The van der Waals surface area contributed by atoms with Gasteiger partial charge < -0.3 is 14.8 Å². The number of carbonyl (C=O) groups is 1. The minimum absolute atomic E-state index is 0.149. The Balaban J connectivity index is 1.39. The average molecular weight is 372 g/mol. The molecule has 8 nitrogen and oxygen atoms in total. The Morgan fingerprint density at radius 2 is 2.15 bits per heavy atom. The number of hydrogen-bond donors (Lipinski definition) is 1. The second kappa shape index (κ2) is 9.82. The number of nitrogens with one attached hydrogen (secondary N) is 1. The maximum absolute atomic E-state index is 12.1. The summed E-state index contributed by atoms with van der Waals surface area (Å²) in [6.07, 6.45) is 5.70. The Labute approximate surface area is 157 Å². The van der Waals surface area contributed by atoms with Crippen molar-refractivity contribution in [2.45, 2.75) is 25.8 Å². The van der Waals surface area contributed by atoms with Crippen molar-refractivity contribution >= 4 is 5.91 Å². The first-order chi connectivity index (χ1) is 13.2. The van der Waals surface area contributed by atoms with Crippen LogP contribution in [0.5, 0.6) is 5.88 Å². The van der Waals surface area contributed by atoms with Gasteiger partial charge in [0.25, 0.3) is 11.5 Å². The highest BCUT2D eigenvalue weighted by molar-refractivity contribution is 5.93. The average Bonchev–Trinajstić information content (AvgIpc) is 2.72. The number of nitrogens with zero attached hydrogens (tertiary/aromatic N) is 3. The third-order valence-corrected chi connectivity index (χ3v) is 4.42. The van der Waals surface area contributed by atoms with E-state index in [0.717, 1.165) is 26.1 Å². The van der Waals surface area contributed by atoms with Gasteiger partial charge in [-0.2, -0.15) is 5.10 Å². The monoisotopic (exact) mass is 372 g/mol. The van der Waals surface area contributed by atoms with E-state index in [1.165, 1.54) is 16.9 Å². The summed E-state index contributed by atoms with van der Waals surface area (Å²) in [6, 6.07) is 6.47. The zero-order valence-corrected chi connectivity index (χ0v) is 15.2. The lowest BCUT2D eigenvalue weighted by molar-refractivity contribution is 0.0490. The molecule has 0 aromatic carbocycles. The Kier molecular flexibility index (Phi) is 6.92. The van der Waals surface area contributed by atoms with Crippen LogP contribution in [-0.4, -0.2) is 47.0 Å². The van der Waals surface area contributed by atoms with Crippen LogP contribution in [0.3, 0.4) is 0 Å². The molecule has 2 aromatic rings. The summed E-state index contributed by atoms with van der Waals surface area (Å²) in [4.78, 5) is 27.9. The quantitative estimate of drug-likeness (QED) is 0.701. The molecule has 1 saturated heterocycles. The lowest BCUT2D eigenvalue weighted by atomic mass is 10.0. The summed E-state index contributed by atoms with van der Waals surface area (Å²) >= 11 is 0. The van der Waals surface area contributed by atoms with Crippen LogP contribution in [0.2, 0.25) is 0 Å². The number of carbonyl (C=O) groups excluding carboxylic acids is 1. The molecule has 0 unspecified atom stereocenters. The first-order valence-corrected chi connectivity index (χ1v) is 9.19. The van der Waals surface area contributed by atoms with Gasteiger partial charge in [0.2, 0.25) is 5.88 Å². The fourth-order valence-electron chi connectivity index (χ4n) is 2.80. The van der Waals surface area contributed by atoms with Crippen LogP contribution < -0.4 is 15.6 Å². The van der Waals surface area contributed by atoms with Crippen LogP contribution in [0.25, 0.3) is 0 Å². The first-order valence-electron chi connectivity index (χ1n) is 9.19. The summed E-state index contributed by atoms with van der Waals surface area (Å²) < 4.78 is 12.4. The molecule has 1 N–H and O–H groups in total. The van der Waals surface area contributed by atoms with Crippen molar-refractivity contribution in [2.75, 3.05) is 26.4 Å². The fraction of sp³-hybridized carbons (Fsp3) is 0.474. The number of aromatic nitrogens is 3. The standard InChI is InChI=1S/C19H24N4O4/c24-18-3-1-9-22-23(18)10-2-8-20-19(25)16-4-5-17(21-13-16)27-14-15-6-11-26-12-7-15/h1,3-5,9,13,15H,2,6-8,10-12,14H2,(H,20,25). The molecule has 0 spiro atoms. The van der Waals surface area contributed by atoms with Crippen molar-refractivity contribution in [1.29, 1.82) is 0 Å². The maximum atomic E-state index is 12.1. The third-order valence-electron chi connectivity index (χ3n) is 4.42. The highest BCUT2D eigenvalue weighted by Gasteiger charge is 2.14. The van der Waals surface area contributed by atoms with E-state index in [-0.39, 0.29) is 11.5 Å². The zero-order valence-electron chi connectivity index (χ0n) is 15.2. The van der Waals surface area contributed by atoms with Gasteiger partial charge in [0.1, 0.15) is 0 Å². The molecule has 0 radical (unpaired) electrons. The number of rotatable bonds is 8. The highest BCUT2D eigenvalue weighted by atomic mass is 16.5. The second-order valence-electron chi connectivity index (χ2n) is 6.45. The van der Waals surface area contributed by atoms with E-state index >= 15 is 0 Å². The molecule has 1 aliphatic rings. The molecule has 1 fully saturated rings. The van der Waals surface area contributed by atoms with Crippen LogP contribution in [0.4, 0.5) is 0 Å². The molecular formula is C19H24N4O4. The van der Waals surface area contributed by atoms with Gasteiger partial charge >= 0.3 is 0 Å². The predicted molar refractivity (Wildman–Crippen MR) is 98.7 cm³/mol. The molecule has 1 aliphatic heterocycles. The number of amides is 1. The largest absolute Gasteiger partial charge is 0.477 e. The van der Waals surface area contributed by atoms with Crippen molar-refractivity contribution < 1.29 is 14.3 Å². The van der Waals surface area contributed by atoms with Crippen molar-refractivity contribution in [1.82, 2.24) is 20.1 Å².